The van der Waals surface area contributed by atoms with Crippen LogP contribution in [0.15, 0.2) is 16.8 Å². The van der Waals surface area contributed by atoms with E-state index in [2.05, 4.69) is 10.0 Å². The lowest BCUT2D eigenvalue weighted by Crippen LogP contribution is -2.44. The molecule has 0 unspecified atom stereocenters. The molecule has 0 saturated carbocycles. The molecule has 136 valence electrons. The van der Waals surface area contributed by atoms with E-state index < -0.39 is 24.2 Å². The summed E-state index contributed by atoms with van der Waals surface area (Å²) in [6.07, 6.45) is 2.58. The number of hydrogen-bond donors (Lipinski definition) is 0. The Morgan fingerprint density at radius 2 is 2.12 bits per heavy atom. The zero-order valence-corrected chi connectivity index (χ0v) is 14.8. The number of esters is 1. The van der Waals surface area contributed by atoms with E-state index >= 15 is 0 Å². The summed E-state index contributed by atoms with van der Waals surface area (Å²) in [5.74, 6) is -0.402. The maximum atomic E-state index is 12.1. The van der Waals surface area contributed by atoms with Crippen LogP contribution in [0.2, 0.25) is 0 Å². The molecule has 24 heavy (non-hydrogen) atoms. The Bertz CT molecular complexity index is 472. The van der Waals surface area contributed by atoms with Gasteiger partial charge in [0.1, 0.15) is 6.79 Å². The van der Waals surface area contributed by atoms with Gasteiger partial charge in [-0.15, -0.1) is 0 Å². The second kappa shape index (κ2) is 11.0. The van der Waals surface area contributed by atoms with Gasteiger partial charge in [-0.3, -0.25) is 0 Å². The summed E-state index contributed by atoms with van der Waals surface area (Å²) in [5.41, 5.74) is 9.36. The summed E-state index contributed by atoms with van der Waals surface area (Å²) >= 11 is 0. The van der Waals surface area contributed by atoms with E-state index in [9.17, 15) is 4.79 Å². The maximum absolute atomic E-state index is 12.1. The lowest BCUT2D eigenvalue weighted by Gasteiger charge is -2.35. The van der Waals surface area contributed by atoms with Gasteiger partial charge in [0.15, 0.2) is 0 Å². The first-order valence-corrected chi connectivity index (χ1v) is 8.29. The Morgan fingerprint density at radius 3 is 2.67 bits per heavy atom. The van der Waals surface area contributed by atoms with Crippen LogP contribution in [0.1, 0.15) is 40.0 Å². The largest absolute Gasteiger partial charge is 0.463 e. The van der Waals surface area contributed by atoms with E-state index in [4.69, 9.17) is 24.5 Å². The third-order valence-corrected chi connectivity index (χ3v) is 3.89. The van der Waals surface area contributed by atoms with Crippen molar-refractivity contribution in [2.75, 3.05) is 20.5 Å². The zero-order chi connectivity index (χ0) is 17.9. The standard InChI is InChI=1S/C16H27N3O5/c1-5-12(6-2)24-14-9-11(16(20)22-7-3)8-13(23-10-21-4)15(14)18-19-17/h9,12-15H,5-8,10H2,1-4H3/t13-,14-,15-/m1/s1. The number of hydrogen-bond acceptors (Lipinski definition) is 6. The lowest BCUT2D eigenvalue weighted by atomic mass is 9.90. The van der Waals surface area contributed by atoms with Crippen molar-refractivity contribution in [1.82, 2.24) is 0 Å². The van der Waals surface area contributed by atoms with Crippen molar-refractivity contribution in [2.45, 2.75) is 64.4 Å². The van der Waals surface area contributed by atoms with Crippen molar-refractivity contribution in [1.29, 1.82) is 0 Å². The second-order valence-electron chi connectivity index (χ2n) is 5.46. The van der Waals surface area contributed by atoms with Crippen LogP contribution in [0, 0.1) is 0 Å². The first-order valence-electron chi connectivity index (χ1n) is 8.29. The van der Waals surface area contributed by atoms with Crippen LogP contribution < -0.4 is 0 Å². The molecule has 0 saturated heterocycles. The second-order valence-corrected chi connectivity index (χ2v) is 5.46. The van der Waals surface area contributed by atoms with Crippen molar-refractivity contribution < 1.29 is 23.7 Å². The molecule has 1 aliphatic carbocycles. The van der Waals surface area contributed by atoms with Crippen molar-refractivity contribution in [2.24, 2.45) is 5.11 Å². The van der Waals surface area contributed by atoms with Gasteiger partial charge >= 0.3 is 5.97 Å². The van der Waals surface area contributed by atoms with E-state index in [0.29, 0.717) is 5.57 Å². The number of ether oxygens (including phenoxy) is 4. The van der Waals surface area contributed by atoms with Gasteiger partial charge in [0.2, 0.25) is 0 Å². The molecule has 3 atom stereocenters. The topological polar surface area (TPSA) is 103 Å². The fraction of sp³-hybridized carbons (Fsp3) is 0.812. The molecule has 0 heterocycles. The highest BCUT2D eigenvalue weighted by Gasteiger charge is 2.37. The normalized spacial score (nSPS) is 23.5. The third-order valence-electron chi connectivity index (χ3n) is 3.89. The molecular weight excluding hydrogens is 314 g/mol. The molecule has 0 bridgehead atoms. The molecule has 0 N–H and O–H groups in total. The summed E-state index contributed by atoms with van der Waals surface area (Å²) in [4.78, 5) is 15.0. The molecule has 0 radical (unpaired) electrons. The number of azide groups is 1. The van der Waals surface area contributed by atoms with Crippen LogP contribution in [-0.4, -0.2) is 50.8 Å². The van der Waals surface area contributed by atoms with Crippen LogP contribution in [0.25, 0.3) is 10.4 Å². The van der Waals surface area contributed by atoms with E-state index in [-0.39, 0.29) is 25.9 Å². The number of carbonyl (C=O) groups is 1. The van der Waals surface area contributed by atoms with Crippen molar-refractivity contribution in [3.63, 3.8) is 0 Å². The highest BCUT2D eigenvalue weighted by Crippen LogP contribution is 2.29. The fourth-order valence-corrected chi connectivity index (χ4v) is 2.62. The Kier molecular flexibility index (Phi) is 9.41. The summed E-state index contributed by atoms with van der Waals surface area (Å²) < 4.78 is 21.7. The number of methoxy groups -OCH3 is 1. The Hall–Kier alpha value is -1.60. The summed E-state index contributed by atoms with van der Waals surface area (Å²) in [5, 5.41) is 3.84. The third kappa shape index (κ3) is 5.79. The van der Waals surface area contributed by atoms with Gasteiger partial charge in [-0.2, -0.15) is 0 Å². The van der Waals surface area contributed by atoms with Gasteiger partial charge in [0.25, 0.3) is 0 Å². The van der Waals surface area contributed by atoms with Crippen LogP contribution >= 0.6 is 0 Å². The molecule has 0 aromatic carbocycles. The smallest absolute Gasteiger partial charge is 0.333 e. The van der Waals surface area contributed by atoms with Crippen LogP contribution in [0.3, 0.4) is 0 Å². The van der Waals surface area contributed by atoms with E-state index in [1.165, 1.54) is 7.11 Å². The molecule has 0 aliphatic heterocycles. The van der Waals surface area contributed by atoms with Gasteiger partial charge in [-0.05, 0) is 31.4 Å². The minimum Gasteiger partial charge on any atom is -0.463 e. The average molecular weight is 341 g/mol. The van der Waals surface area contributed by atoms with Crippen LogP contribution in [-0.2, 0) is 23.7 Å². The summed E-state index contributed by atoms with van der Waals surface area (Å²) in [6.45, 7) is 6.12. The van der Waals surface area contributed by atoms with Gasteiger partial charge in [0, 0.05) is 24.0 Å². The minimum absolute atomic E-state index is 0.00673. The lowest BCUT2D eigenvalue weighted by molar-refractivity contribution is -0.141. The molecule has 1 rings (SSSR count). The zero-order valence-electron chi connectivity index (χ0n) is 14.8. The number of rotatable bonds is 10. The van der Waals surface area contributed by atoms with E-state index in [1.54, 1.807) is 13.0 Å². The SMILES string of the molecule is CCOC(=O)C1=C[C@@H](OC(CC)CC)[C@H](N=[N+]=[N-])[C@H](OCOC)C1. The Balaban J connectivity index is 3.09. The highest BCUT2D eigenvalue weighted by atomic mass is 16.7. The van der Waals surface area contributed by atoms with Crippen molar-refractivity contribution in [3.8, 4) is 0 Å². The van der Waals surface area contributed by atoms with Crippen LogP contribution in [0.5, 0.6) is 0 Å². The molecule has 0 aromatic rings. The monoisotopic (exact) mass is 341 g/mol. The quantitative estimate of drug-likeness (QED) is 0.200. The van der Waals surface area contributed by atoms with Crippen molar-refractivity contribution in [3.05, 3.63) is 22.1 Å². The molecule has 0 spiro atoms. The molecule has 1 aliphatic rings. The van der Waals surface area contributed by atoms with Crippen molar-refractivity contribution >= 4 is 5.97 Å². The number of nitrogens with zero attached hydrogens (tertiary/aromatic N) is 3. The Morgan fingerprint density at radius 1 is 1.42 bits per heavy atom. The highest BCUT2D eigenvalue weighted by molar-refractivity contribution is 5.89. The van der Waals surface area contributed by atoms with Gasteiger partial charge in [-0.1, -0.05) is 19.0 Å². The fourth-order valence-electron chi connectivity index (χ4n) is 2.62. The molecule has 8 heteroatoms. The van der Waals surface area contributed by atoms with E-state index in [1.807, 2.05) is 13.8 Å². The first-order chi connectivity index (χ1) is 11.6. The summed E-state index contributed by atoms with van der Waals surface area (Å²) in [6, 6.07) is -0.566. The van der Waals surface area contributed by atoms with E-state index in [0.717, 1.165) is 12.8 Å². The predicted molar refractivity (Wildman–Crippen MR) is 88.3 cm³/mol. The maximum Gasteiger partial charge on any atom is 0.333 e. The molecule has 0 amide bonds. The van der Waals surface area contributed by atoms with Crippen LogP contribution in [0.4, 0.5) is 0 Å². The van der Waals surface area contributed by atoms with Gasteiger partial charge in [0.05, 0.1) is 31.0 Å². The van der Waals surface area contributed by atoms with Gasteiger partial charge < -0.3 is 18.9 Å². The average Bonchev–Trinajstić information content (AvgIpc) is 2.59. The Labute approximate surface area is 142 Å². The van der Waals surface area contributed by atoms with Gasteiger partial charge in [-0.25, -0.2) is 4.79 Å². The minimum atomic E-state index is -0.566. The summed E-state index contributed by atoms with van der Waals surface area (Å²) in [7, 11) is 1.51. The molecule has 0 aromatic heterocycles. The molecule has 0 fully saturated rings. The predicted octanol–water partition coefficient (Wildman–Crippen LogP) is 3.12. The molecule has 8 nitrogen and oxygen atoms in total. The first kappa shape index (κ1) is 20.4. The number of carbonyl (C=O) groups excluding carboxylic acids is 1. The molecular formula is C16H27N3O5.